The molecule has 2 aliphatic heterocycles. The van der Waals surface area contributed by atoms with Crippen molar-refractivity contribution in [2.75, 3.05) is 19.7 Å². The normalized spacial score (nSPS) is 31.4. The maximum absolute atomic E-state index is 11.9. The summed E-state index contributed by atoms with van der Waals surface area (Å²) in [7, 11) is 0. The summed E-state index contributed by atoms with van der Waals surface area (Å²) < 4.78 is 5.27. The third kappa shape index (κ3) is 3.01. The van der Waals surface area contributed by atoms with Crippen molar-refractivity contribution in [2.45, 2.75) is 44.4 Å². The van der Waals surface area contributed by atoms with Gasteiger partial charge in [0.15, 0.2) is 0 Å². The minimum atomic E-state index is -1.10. The fraction of sp³-hybridized carbons (Fsp3) is 0.769. The summed E-state index contributed by atoms with van der Waals surface area (Å²) in [6.45, 7) is 4.99. The van der Waals surface area contributed by atoms with E-state index in [1.807, 2.05) is 0 Å². The number of nitrogens with zero attached hydrogens (tertiary/aromatic N) is 1. The molecule has 2 rings (SSSR count). The number of imide groups is 1. The number of amides is 4. The average Bonchev–Trinajstić information content (AvgIpc) is 2.81. The lowest BCUT2D eigenvalue weighted by atomic mass is 9.97. The molecule has 2 saturated heterocycles. The third-order valence-electron chi connectivity index (χ3n) is 4.00. The molecule has 0 aliphatic carbocycles. The van der Waals surface area contributed by atoms with E-state index in [-0.39, 0.29) is 19.2 Å². The Morgan fingerprint density at radius 2 is 2.19 bits per heavy atom. The van der Waals surface area contributed by atoms with E-state index in [1.165, 1.54) is 0 Å². The Morgan fingerprint density at radius 1 is 1.52 bits per heavy atom. The Hall–Kier alpha value is -1.67. The Bertz CT molecular complexity index is 478. The molecule has 2 heterocycles. The molecule has 0 aromatic carbocycles. The lowest BCUT2D eigenvalue weighted by Gasteiger charge is -2.26. The molecule has 2 atom stereocenters. The van der Waals surface area contributed by atoms with E-state index in [4.69, 9.17) is 4.74 Å². The van der Waals surface area contributed by atoms with Crippen LogP contribution in [0.3, 0.4) is 0 Å². The van der Waals surface area contributed by atoms with Crippen molar-refractivity contribution in [3.63, 3.8) is 0 Å². The van der Waals surface area contributed by atoms with Gasteiger partial charge in [0.2, 0.25) is 5.91 Å². The second-order valence-electron chi connectivity index (χ2n) is 6.09. The van der Waals surface area contributed by atoms with Crippen LogP contribution in [0.15, 0.2) is 0 Å². The maximum atomic E-state index is 11.9. The van der Waals surface area contributed by atoms with E-state index in [2.05, 4.69) is 10.6 Å². The minimum Gasteiger partial charge on any atom is -0.385 e. The van der Waals surface area contributed by atoms with Crippen LogP contribution in [0.25, 0.3) is 0 Å². The Balaban J connectivity index is 1.88. The van der Waals surface area contributed by atoms with Crippen LogP contribution < -0.4 is 10.6 Å². The topological polar surface area (TPSA) is 108 Å². The average molecular weight is 299 g/mol. The SMILES string of the molecule is CC1OCCC1(O)CNC(=O)CN1C(=O)NC(C)(C)C1=O. The van der Waals surface area contributed by atoms with Crippen LogP contribution in [0.1, 0.15) is 27.2 Å². The molecule has 4 amide bonds. The molecule has 0 aromatic rings. The fourth-order valence-corrected chi connectivity index (χ4v) is 2.42. The summed E-state index contributed by atoms with van der Waals surface area (Å²) in [6.07, 6.45) is 0.0680. The van der Waals surface area contributed by atoms with Crippen molar-refractivity contribution in [1.29, 1.82) is 0 Å². The van der Waals surface area contributed by atoms with Gasteiger partial charge in [0.25, 0.3) is 5.91 Å². The molecule has 0 bridgehead atoms. The van der Waals surface area contributed by atoms with E-state index in [9.17, 15) is 19.5 Å². The van der Waals surface area contributed by atoms with E-state index in [1.54, 1.807) is 20.8 Å². The van der Waals surface area contributed by atoms with Crippen molar-refractivity contribution in [3.05, 3.63) is 0 Å². The molecule has 0 saturated carbocycles. The van der Waals surface area contributed by atoms with Crippen LogP contribution in [0.4, 0.5) is 4.79 Å². The summed E-state index contributed by atoms with van der Waals surface area (Å²) in [5, 5.41) is 15.3. The molecule has 0 aromatic heterocycles. The smallest absolute Gasteiger partial charge is 0.325 e. The first-order chi connectivity index (χ1) is 9.66. The minimum absolute atomic E-state index is 0.0278. The first-order valence-electron chi connectivity index (χ1n) is 6.90. The summed E-state index contributed by atoms with van der Waals surface area (Å²) >= 11 is 0. The first-order valence-corrected chi connectivity index (χ1v) is 6.90. The first kappa shape index (κ1) is 15.7. The lowest BCUT2D eigenvalue weighted by Crippen LogP contribution is -2.50. The van der Waals surface area contributed by atoms with Crippen molar-refractivity contribution >= 4 is 17.8 Å². The van der Waals surface area contributed by atoms with Gasteiger partial charge >= 0.3 is 6.03 Å². The summed E-state index contributed by atoms with van der Waals surface area (Å²) in [5.41, 5.74) is -2.10. The monoisotopic (exact) mass is 299 g/mol. The van der Waals surface area contributed by atoms with Gasteiger partial charge in [0.1, 0.15) is 17.7 Å². The molecule has 3 N–H and O–H groups in total. The van der Waals surface area contributed by atoms with E-state index in [0.29, 0.717) is 13.0 Å². The highest BCUT2D eigenvalue weighted by Crippen LogP contribution is 2.24. The molecule has 0 radical (unpaired) electrons. The molecular formula is C13H21N3O5. The zero-order valence-electron chi connectivity index (χ0n) is 12.4. The third-order valence-corrected chi connectivity index (χ3v) is 4.00. The summed E-state index contributed by atoms with van der Waals surface area (Å²) in [5.74, 6) is -0.942. The molecular weight excluding hydrogens is 278 g/mol. The van der Waals surface area contributed by atoms with Gasteiger partial charge in [-0.05, 0) is 20.8 Å². The van der Waals surface area contributed by atoms with Crippen LogP contribution in [-0.2, 0) is 14.3 Å². The molecule has 2 aliphatic rings. The fourth-order valence-electron chi connectivity index (χ4n) is 2.42. The standard InChI is InChI=1S/C13H21N3O5/c1-8-13(20,4-5-21-8)7-14-9(17)6-16-10(18)12(2,3)15-11(16)19/h8,20H,4-7H2,1-3H3,(H,14,17)(H,15,19). The van der Waals surface area contributed by atoms with Crippen molar-refractivity contribution in [3.8, 4) is 0 Å². The number of hydrogen-bond donors (Lipinski definition) is 3. The van der Waals surface area contributed by atoms with Crippen LogP contribution in [0.2, 0.25) is 0 Å². The number of hydrogen-bond acceptors (Lipinski definition) is 5. The van der Waals surface area contributed by atoms with Gasteiger partial charge in [-0.15, -0.1) is 0 Å². The highest BCUT2D eigenvalue weighted by Gasteiger charge is 2.45. The Kier molecular flexibility index (Phi) is 3.94. The summed E-state index contributed by atoms with van der Waals surface area (Å²) in [4.78, 5) is 36.3. The second-order valence-corrected chi connectivity index (χ2v) is 6.09. The second kappa shape index (κ2) is 5.27. The van der Waals surface area contributed by atoms with E-state index in [0.717, 1.165) is 4.90 Å². The number of aliphatic hydroxyl groups is 1. The molecule has 2 fully saturated rings. The predicted molar refractivity (Wildman–Crippen MR) is 72.3 cm³/mol. The largest absolute Gasteiger partial charge is 0.385 e. The highest BCUT2D eigenvalue weighted by molar-refractivity contribution is 6.08. The zero-order chi connectivity index (χ0) is 15.8. The molecule has 0 spiro atoms. The number of urea groups is 1. The lowest BCUT2D eigenvalue weighted by molar-refractivity contribution is -0.134. The van der Waals surface area contributed by atoms with Gasteiger partial charge in [-0.1, -0.05) is 0 Å². The van der Waals surface area contributed by atoms with Crippen molar-refractivity contribution in [2.24, 2.45) is 0 Å². The number of nitrogens with one attached hydrogen (secondary N) is 2. The maximum Gasteiger partial charge on any atom is 0.325 e. The van der Waals surface area contributed by atoms with Crippen molar-refractivity contribution in [1.82, 2.24) is 15.5 Å². The van der Waals surface area contributed by atoms with Gasteiger partial charge in [-0.2, -0.15) is 0 Å². The van der Waals surface area contributed by atoms with E-state index < -0.39 is 29.0 Å². The van der Waals surface area contributed by atoms with Crippen LogP contribution in [0.5, 0.6) is 0 Å². The Morgan fingerprint density at radius 3 is 2.67 bits per heavy atom. The summed E-state index contributed by atoms with van der Waals surface area (Å²) in [6, 6.07) is -0.587. The van der Waals surface area contributed by atoms with Crippen LogP contribution in [0, 0.1) is 0 Å². The van der Waals surface area contributed by atoms with Gasteiger partial charge in [0.05, 0.1) is 6.10 Å². The van der Waals surface area contributed by atoms with Gasteiger partial charge in [0, 0.05) is 19.6 Å². The number of carbonyl (C=O) groups excluding carboxylic acids is 3. The number of ether oxygens (including phenoxy) is 1. The number of rotatable bonds is 4. The van der Waals surface area contributed by atoms with Gasteiger partial charge in [-0.25, -0.2) is 4.79 Å². The van der Waals surface area contributed by atoms with Crippen molar-refractivity contribution < 1.29 is 24.2 Å². The highest BCUT2D eigenvalue weighted by atomic mass is 16.5. The number of carbonyl (C=O) groups is 3. The van der Waals surface area contributed by atoms with E-state index >= 15 is 0 Å². The molecule has 118 valence electrons. The van der Waals surface area contributed by atoms with Gasteiger partial charge < -0.3 is 20.5 Å². The van der Waals surface area contributed by atoms with Gasteiger partial charge in [-0.3, -0.25) is 14.5 Å². The molecule has 21 heavy (non-hydrogen) atoms. The Labute approximate surface area is 122 Å². The zero-order valence-corrected chi connectivity index (χ0v) is 12.4. The van der Waals surface area contributed by atoms with Crippen LogP contribution in [-0.4, -0.2) is 64.8 Å². The molecule has 8 heteroatoms. The van der Waals surface area contributed by atoms with Crippen LogP contribution >= 0.6 is 0 Å². The molecule has 2 unspecified atom stereocenters. The predicted octanol–water partition coefficient (Wildman–Crippen LogP) is -1.03. The molecule has 8 nitrogen and oxygen atoms in total. The quantitative estimate of drug-likeness (QED) is 0.575.